The molecule has 3 rings (SSSR count). The van der Waals surface area contributed by atoms with Crippen LogP contribution >= 0.6 is 0 Å². The molecule has 0 unspecified atom stereocenters. The first-order valence-corrected chi connectivity index (χ1v) is 8.44. The second-order valence-electron chi connectivity index (χ2n) is 6.93. The van der Waals surface area contributed by atoms with Crippen LogP contribution in [0, 0.1) is 5.92 Å². The molecule has 0 aromatic carbocycles. The molecule has 1 aliphatic heterocycles. The van der Waals surface area contributed by atoms with Gasteiger partial charge in [-0.05, 0) is 31.6 Å². The zero-order valence-corrected chi connectivity index (χ0v) is 14.2. The van der Waals surface area contributed by atoms with Gasteiger partial charge in [0.25, 0.3) is 0 Å². The van der Waals surface area contributed by atoms with Gasteiger partial charge in [0.1, 0.15) is 0 Å². The summed E-state index contributed by atoms with van der Waals surface area (Å²) in [6, 6.07) is 0. The second kappa shape index (κ2) is 6.83. The van der Waals surface area contributed by atoms with Crippen molar-refractivity contribution in [3.63, 3.8) is 0 Å². The molecule has 1 aliphatic carbocycles. The van der Waals surface area contributed by atoms with Crippen molar-refractivity contribution in [3.8, 4) is 0 Å². The Morgan fingerprint density at radius 1 is 1.35 bits per heavy atom. The van der Waals surface area contributed by atoms with E-state index in [1.807, 2.05) is 24.2 Å². The molecular weight excluding hydrogens is 292 g/mol. The Labute approximate surface area is 137 Å². The lowest BCUT2D eigenvalue weighted by Gasteiger charge is -2.21. The molecule has 0 N–H and O–H groups in total. The lowest BCUT2D eigenvalue weighted by atomic mass is 9.87. The van der Waals surface area contributed by atoms with E-state index in [0.717, 1.165) is 24.5 Å². The maximum Gasteiger partial charge on any atom is 0.246 e. The van der Waals surface area contributed by atoms with Gasteiger partial charge in [0.15, 0.2) is 0 Å². The highest BCUT2D eigenvalue weighted by Crippen LogP contribution is 2.30. The van der Waals surface area contributed by atoms with Crippen molar-refractivity contribution in [1.29, 1.82) is 0 Å². The van der Waals surface area contributed by atoms with Crippen LogP contribution in [0.5, 0.6) is 0 Å². The van der Waals surface area contributed by atoms with Gasteiger partial charge in [0.05, 0.1) is 17.7 Å². The third-order valence-electron chi connectivity index (χ3n) is 5.13. The van der Waals surface area contributed by atoms with E-state index in [1.165, 1.54) is 18.4 Å². The number of likely N-dealkylation sites (tertiary alicyclic amines) is 1. The summed E-state index contributed by atoms with van der Waals surface area (Å²) in [5.74, 6) is 0.998. The first-order valence-electron chi connectivity index (χ1n) is 8.44. The van der Waals surface area contributed by atoms with Crippen LogP contribution in [-0.2, 0) is 16.6 Å². The van der Waals surface area contributed by atoms with E-state index >= 15 is 0 Å². The molecule has 23 heavy (non-hydrogen) atoms. The molecule has 2 atom stereocenters. The predicted molar refractivity (Wildman–Crippen MR) is 86.8 cm³/mol. The van der Waals surface area contributed by atoms with E-state index in [4.69, 9.17) is 4.74 Å². The quantitative estimate of drug-likeness (QED) is 0.799. The maximum atomic E-state index is 12.6. The zero-order chi connectivity index (χ0) is 16.4. The van der Waals surface area contributed by atoms with Gasteiger partial charge in [0.2, 0.25) is 5.91 Å². The lowest BCUT2D eigenvalue weighted by molar-refractivity contribution is -0.125. The minimum absolute atomic E-state index is 0.0135. The fourth-order valence-corrected chi connectivity index (χ4v) is 3.56. The molecule has 0 radical (unpaired) electrons. The summed E-state index contributed by atoms with van der Waals surface area (Å²) in [7, 11) is 3.55. The molecule has 2 fully saturated rings. The fraction of sp³-hybridized carbons (Fsp3) is 0.706. The first kappa shape index (κ1) is 16.2. The minimum Gasteiger partial charge on any atom is -0.379 e. The van der Waals surface area contributed by atoms with Gasteiger partial charge in [-0.15, -0.1) is 5.10 Å². The molecule has 6 nitrogen and oxygen atoms in total. The molecule has 126 valence electrons. The molecule has 2 heterocycles. The molecule has 1 aromatic heterocycles. The van der Waals surface area contributed by atoms with Crippen LogP contribution in [0.25, 0.3) is 0 Å². The summed E-state index contributed by atoms with van der Waals surface area (Å²) < 4.78 is 7.27. The van der Waals surface area contributed by atoms with Gasteiger partial charge in [0, 0.05) is 39.5 Å². The monoisotopic (exact) mass is 318 g/mol. The summed E-state index contributed by atoms with van der Waals surface area (Å²) in [5, 5.41) is 8.19. The number of aromatic nitrogens is 3. The number of methoxy groups -OCH3 is 1. The van der Waals surface area contributed by atoms with Crippen LogP contribution < -0.4 is 0 Å². The number of carbonyl (C=O) groups excluding carboxylic acids is 1. The van der Waals surface area contributed by atoms with Crippen LogP contribution in [0.4, 0.5) is 0 Å². The summed E-state index contributed by atoms with van der Waals surface area (Å²) >= 11 is 0. The standard InChI is InChI=1S/C17H26N4O2/c1-12-4-6-13(7-5-12)8-17(22)21-9-14(16(11-21)23-3)15-10-20(2)19-18-15/h8,10,12,14,16H,4-7,9,11H2,1-3H3/t12?,14-,16+/m0/s1. The van der Waals surface area contributed by atoms with Crippen molar-refractivity contribution in [2.45, 2.75) is 44.6 Å². The third kappa shape index (κ3) is 3.63. The van der Waals surface area contributed by atoms with Gasteiger partial charge in [-0.1, -0.05) is 17.7 Å². The normalized spacial score (nSPS) is 28.2. The van der Waals surface area contributed by atoms with E-state index < -0.39 is 0 Å². The van der Waals surface area contributed by atoms with Gasteiger partial charge in [-0.3, -0.25) is 9.48 Å². The van der Waals surface area contributed by atoms with Gasteiger partial charge in [-0.25, -0.2) is 0 Å². The van der Waals surface area contributed by atoms with Crippen LogP contribution in [-0.4, -0.2) is 52.1 Å². The van der Waals surface area contributed by atoms with E-state index in [0.29, 0.717) is 13.1 Å². The summed E-state index contributed by atoms with van der Waals surface area (Å²) in [4.78, 5) is 14.5. The Hall–Kier alpha value is -1.69. The SMILES string of the molecule is CO[C@@H]1CN(C(=O)C=C2CCC(C)CC2)C[C@H]1c1cn(C)nn1. The number of allylic oxidation sites excluding steroid dienone is 1. The van der Waals surface area contributed by atoms with Crippen molar-refractivity contribution in [2.24, 2.45) is 13.0 Å². The van der Waals surface area contributed by atoms with Crippen LogP contribution in [0.3, 0.4) is 0 Å². The topological polar surface area (TPSA) is 60.2 Å². The Morgan fingerprint density at radius 2 is 2.09 bits per heavy atom. The first-order chi connectivity index (χ1) is 11.1. The number of carbonyl (C=O) groups is 1. The predicted octanol–water partition coefficient (Wildman–Crippen LogP) is 1.89. The highest BCUT2D eigenvalue weighted by Gasteiger charge is 2.37. The average molecular weight is 318 g/mol. The molecule has 1 aromatic rings. The van der Waals surface area contributed by atoms with E-state index in [2.05, 4.69) is 17.2 Å². The van der Waals surface area contributed by atoms with Crippen LogP contribution in [0.1, 0.15) is 44.2 Å². The number of hydrogen-bond donors (Lipinski definition) is 0. The van der Waals surface area contributed by atoms with Gasteiger partial charge < -0.3 is 9.64 Å². The van der Waals surface area contributed by atoms with E-state index in [9.17, 15) is 4.79 Å². The van der Waals surface area contributed by atoms with Crippen molar-refractivity contribution in [2.75, 3.05) is 20.2 Å². The Bertz CT molecular complexity index is 585. The Kier molecular flexibility index (Phi) is 4.80. The number of nitrogens with zero attached hydrogens (tertiary/aromatic N) is 4. The highest BCUT2D eigenvalue weighted by atomic mass is 16.5. The summed E-state index contributed by atoms with van der Waals surface area (Å²) in [6.45, 7) is 3.56. The van der Waals surface area contributed by atoms with E-state index in [-0.39, 0.29) is 17.9 Å². The van der Waals surface area contributed by atoms with Crippen molar-refractivity contribution < 1.29 is 9.53 Å². The minimum atomic E-state index is -0.0135. The number of amides is 1. The number of rotatable bonds is 3. The Morgan fingerprint density at radius 3 is 2.70 bits per heavy atom. The van der Waals surface area contributed by atoms with Crippen molar-refractivity contribution in [3.05, 3.63) is 23.5 Å². The average Bonchev–Trinajstić information content (AvgIpc) is 3.15. The fourth-order valence-electron chi connectivity index (χ4n) is 3.56. The number of hydrogen-bond acceptors (Lipinski definition) is 4. The van der Waals surface area contributed by atoms with E-state index in [1.54, 1.807) is 11.8 Å². The zero-order valence-electron chi connectivity index (χ0n) is 14.2. The molecule has 6 heteroatoms. The molecule has 1 saturated carbocycles. The third-order valence-corrected chi connectivity index (χ3v) is 5.13. The second-order valence-corrected chi connectivity index (χ2v) is 6.93. The van der Waals surface area contributed by atoms with Crippen molar-refractivity contribution >= 4 is 5.91 Å². The lowest BCUT2D eigenvalue weighted by Crippen LogP contribution is -2.28. The molecule has 1 amide bonds. The number of aryl methyl sites for hydroxylation is 1. The van der Waals surface area contributed by atoms with Crippen LogP contribution in [0.15, 0.2) is 17.8 Å². The molecular formula is C17H26N4O2. The summed E-state index contributed by atoms with van der Waals surface area (Å²) in [5.41, 5.74) is 2.19. The molecule has 0 bridgehead atoms. The number of ether oxygens (including phenoxy) is 1. The Balaban J connectivity index is 1.67. The molecule has 2 aliphatic rings. The summed E-state index contributed by atoms with van der Waals surface area (Å²) in [6.07, 6.45) is 8.26. The van der Waals surface area contributed by atoms with Crippen molar-refractivity contribution in [1.82, 2.24) is 19.9 Å². The highest BCUT2D eigenvalue weighted by molar-refractivity contribution is 5.88. The van der Waals surface area contributed by atoms with Crippen LogP contribution in [0.2, 0.25) is 0 Å². The smallest absolute Gasteiger partial charge is 0.246 e. The maximum absolute atomic E-state index is 12.6. The van der Waals surface area contributed by atoms with Gasteiger partial charge in [-0.2, -0.15) is 0 Å². The molecule has 1 saturated heterocycles. The largest absolute Gasteiger partial charge is 0.379 e. The van der Waals surface area contributed by atoms with Gasteiger partial charge >= 0.3 is 0 Å². The molecule has 0 spiro atoms.